The zero-order valence-electron chi connectivity index (χ0n) is 17.4. The Kier molecular flexibility index (Phi) is 6.57. The summed E-state index contributed by atoms with van der Waals surface area (Å²) in [4.78, 5) is 16.4. The fourth-order valence-corrected chi connectivity index (χ4v) is 4.85. The molecule has 1 aromatic heterocycles. The SMILES string of the molecule is C[C@@H](NC(=O)c1ccc(SCc2c(C3CC3)ccc3c2CCNCC3)nc1)C(F)(F)F. The molecule has 8 heteroatoms. The summed E-state index contributed by atoms with van der Waals surface area (Å²) in [5.41, 5.74) is 5.86. The average Bonchev–Trinajstić information content (AvgIpc) is 3.58. The number of benzene rings is 1. The number of hydrogen-bond acceptors (Lipinski definition) is 4. The minimum atomic E-state index is -4.47. The number of carbonyl (C=O) groups is 1. The van der Waals surface area contributed by atoms with Crippen molar-refractivity contribution < 1.29 is 18.0 Å². The van der Waals surface area contributed by atoms with Gasteiger partial charge in [-0.25, -0.2) is 4.98 Å². The molecule has 1 atom stereocenters. The third kappa shape index (κ3) is 5.41. The highest BCUT2D eigenvalue weighted by Gasteiger charge is 2.37. The van der Waals surface area contributed by atoms with E-state index in [1.807, 2.05) is 5.32 Å². The van der Waals surface area contributed by atoms with Crippen molar-refractivity contribution in [1.29, 1.82) is 0 Å². The molecule has 1 amide bonds. The minimum absolute atomic E-state index is 0.124. The highest BCUT2D eigenvalue weighted by atomic mass is 32.2. The van der Waals surface area contributed by atoms with Gasteiger partial charge in [-0.3, -0.25) is 4.79 Å². The fourth-order valence-electron chi connectivity index (χ4n) is 3.92. The van der Waals surface area contributed by atoms with E-state index in [1.165, 1.54) is 47.4 Å². The molecule has 4 rings (SSSR count). The van der Waals surface area contributed by atoms with Gasteiger partial charge in [0.05, 0.1) is 10.6 Å². The van der Waals surface area contributed by atoms with Crippen molar-refractivity contribution in [3.63, 3.8) is 0 Å². The normalized spacial score (nSPS) is 17.5. The number of rotatable bonds is 6. The number of halogens is 3. The van der Waals surface area contributed by atoms with Gasteiger partial charge in [-0.1, -0.05) is 12.1 Å². The Hall–Kier alpha value is -2.06. The van der Waals surface area contributed by atoms with E-state index >= 15 is 0 Å². The number of thioether (sulfide) groups is 1. The molecule has 0 spiro atoms. The van der Waals surface area contributed by atoms with E-state index in [0.29, 0.717) is 5.92 Å². The Morgan fingerprint density at radius 2 is 2.00 bits per heavy atom. The molecule has 2 N–H and O–H groups in total. The molecule has 1 aliphatic carbocycles. The Morgan fingerprint density at radius 1 is 1.23 bits per heavy atom. The smallest absolute Gasteiger partial charge is 0.340 e. The largest absolute Gasteiger partial charge is 0.408 e. The maximum atomic E-state index is 12.7. The molecular formula is C23H26F3N3OS. The van der Waals surface area contributed by atoms with Crippen LogP contribution in [0.1, 0.15) is 58.3 Å². The van der Waals surface area contributed by atoms with Crippen LogP contribution in [0.4, 0.5) is 13.2 Å². The van der Waals surface area contributed by atoms with Gasteiger partial charge < -0.3 is 10.6 Å². The summed E-state index contributed by atoms with van der Waals surface area (Å²) in [7, 11) is 0. The summed E-state index contributed by atoms with van der Waals surface area (Å²) in [5.74, 6) is 0.691. The third-order valence-electron chi connectivity index (χ3n) is 5.91. The first-order chi connectivity index (χ1) is 14.8. The van der Waals surface area contributed by atoms with Crippen LogP contribution >= 0.6 is 11.8 Å². The van der Waals surface area contributed by atoms with Crippen molar-refractivity contribution in [2.75, 3.05) is 13.1 Å². The molecule has 166 valence electrons. The second kappa shape index (κ2) is 9.20. The van der Waals surface area contributed by atoms with Crippen LogP contribution in [-0.2, 0) is 18.6 Å². The van der Waals surface area contributed by atoms with Crippen LogP contribution in [0.25, 0.3) is 0 Å². The molecule has 0 radical (unpaired) electrons. The van der Waals surface area contributed by atoms with Crippen LogP contribution in [0, 0.1) is 0 Å². The van der Waals surface area contributed by atoms with E-state index in [4.69, 9.17) is 0 Å². The van der Waals surface area contributed by atoms with E-state index in [0.717, 1.165) is 43.6 Å². The molecule has 2 aliphatic rings. The number of carbonyl (C=O) groups excluding carboxylic acids is 1. The second-order valence-corrected chi connectivity index (χ2v) is 9.20. The predicted molar refractivity (Wildman–Crippen MR) is 115 cm³/mol. The van der Waals surface area contributed by atoms with Crippen molar-refractivity contribution in [2.24, 2.45) is 0 Å². The molecule has 1 saturated carbocycles. The lowest BCUT2D eigenvalue weighted by atomic mass is 9.92. The average molecular weight is 450 g/mol. The minimum Gasteiger partial charge on any atom is -0.340 e. The standard InChI is InChI=1S/C23H26F3N3OS/c1-14(23(24,25)26)29-22(30)17-5-7-21(28-12-17)31-13-20-18(15-2-3-15)6-4-16-8-10-27-11-9-19(16)20/h4-7,12,14-15,27H,2-3,8-11,13H2,1H3,(H,29,30)/t14-/m1/s1. The van der Waals surface area contributed by atoms with Gasteiger partial charge in [-0.05, 0) is 86.0 Å². The molecule has 31 heavy (non-hydrogen) atoms. The monoisotopic (exact) mass is 449 g/mol. The Morgan fingerprint density at radius 3 is 2.68 bits per heavy atom. The van der Waals surface area contributed by atoms with Crippen LogP contribution < -0.4 is 10.6 Å². The zero-order chi connectivity index (χ0) is 22.0. The Balaban J connectivity index is 1.46. The van der Waals surface area contributed by atoms with Crippen molar-refractivity contribution in [3.05, 3.63) is 58.3 Å². The van der Waals surface area contributed by atoms with Crippen LogP contribution in [0.3, 0.4) is 0 Å². The van der Waals surface area contributed by atoms with Crippen molar-refractivity contribution >= 4 is 17.7 Å². The maximum absolute atomic E-state index is 12.7. The summed E-state index contributed by atoms with van der Waals surface area (Å²) in [6.45, 7) is 2.91. The highest BCUT2D eigenvalue weighted by molar-refractivity contribution is 7.98. The first-order valence-corrected chi connectivity index (χ1v) is 11.6. The lowest BCUT2D eigenvalue weighted by Crippen LogP contribution is -2.43. The van der Waals surface area contributed by atoms with Gasteiger partial charge in [0.15, 0.2) is 0 Å². The van der Waals surface area contributed by atoms with Crippen molar-refractivity contribution in [3.8, 4) is 0 Å². The van der Waals surface area contributed by atoms with E-state index in [2.05, 4.69) is 22.4 Å². The third-order valence-corrected chi connectivity index (χ3v) is 6.88. The molecule has 1 aliphatic heterocycles. The van der Waals surface area contributed by atoms with Crippen LogP contribution in [0.15, 0.2) is 35.5 Å². The second-order valence-electron chi connectivity index (χ2n) is 8.21. The number of nitrogens with one attached hydrogen (secondary N) is 2. The molecule has 2 heterocycles. The molecular weight excluding hydrogens is 423 g/mol. The van der Waals surface area contributed by atoms with E-state index < -0.39 is 18.1 Å². The zero-order valence-corrected chi connectivity index (χ0v) is 18.2. The van der Waals surface area contributed by atoms with Crippen molar-refractivity contribution in [2.45, 2.75) is 61.5 Å². The number of alkyl halides is 3. The van der Waals surface area contributed by atoms with Crippen LogP contribution in [-0.4, -0.2) is 36.2 Å². The summed E-state index contributed by atoms with van der Waals surface area (Å²) >= 11 is 1.61. The summed E-state index contributed by atoms with van der Waals surface area (Å²) in [6, 6.07) is 5.92. The predicted octanol–water partition coefficient (Wildman–Crippen LogP) is 4.62. The number of nitrogens with zero attached hydrogens (tertiary/aromatic N) is 1. The quantitative estimate of drug-likeness (QED) is 0.632. The van der Waals surface area contributed by atoms with Gasteiger partial charge in [0.2, 0.25) is 0 Å². The van der Waals surface area contributed by atoms with Gasteiger partial charge in [-0.2, -0.15) is 13.2 Å². The number of hydrogen-bond donors (Lipinski definition) is 2. The maximum Gasteiger partial charge on any atom is 0.408 e. The molecule has 1 fully saturated rings. The molecule has 2 aromatic rings. The van der Waals surface area contributed by atoms with E-state index in [-0.39, 0.29) is 5.56 Å². The number of fused-ring (bicyclic) bond motifs is 1. The lowest BCUT2D eigenvalue weighted by Gasteiger charge is -2.17. The fraction of sp³-hybridized carbons (Fsp3) is 0.478. The summed E-state index contributed by atoms with van der Waals surface area (Å²) in [6.07, 6.45) is 1.42. The Bertz CT molecular complexity index is 942. The molecule has 0 saturated heterocycles. The topological polar surface area (TPSA) is 54.0 Å². The van der Waals surface area contributed by atoms with Crippen LogP contribution in [0.2, 0.25) is 0 Å². The summed E-state index contributed by atoms with van der Waals surface area (Å²) in [5, 5.41) is 6.19. The molecule has 0 unspecified atom stereocenters. The van der Waals surface area contributed by atoms with Gasteiger partial charge in [0, 0.05) is 11.9 Å². The first-order valence-electron chi connectivity index (χ1n) is 10.6. The lowest BCUT2D eigenvalue weighted by molar-refractivity contribution is -0.149. The van der Waals surface area contributed by atoms with Gasteiger partial charge in [0.1, 0.15) is 6.04 Å². The van der Waals surface area contributed by atoms with Crippen molar-refractivity contribution in [1.82, 2.24) is 15.6 Å². The van der Waals surface area contributed by atoms with Crippen LogP contribution in [0.5, 0.6) is 0 Å². The van der Waals surface area contributed by atoms with Gasteiger partial charge >= 0.3 is 6.18 Å². The van der Waals surface area contributed by atoms with E-state index in [9.17, 15) is 18.0 Å². The first kappa shape index (κ1) is 22.1. The molecule has 0 bridgehead atoms. The summed E-state index contributed by atoms with van der Waals surface area (Å²) < 4.78 is 38.0. The molecule has 1 aromatic carbocycles. The highest BCUT2D eigenvalue weighted by Crippen LogP contribution is 2.44. The molecule has 4 nitrogen and oxygen atoms in total. The van der Waals surface area contributed by atoms with E-state index in [1.54, 1.807) is 17.8 Å². The number of pyridine rings is 1. The number of aromatic nitrogens is 1. The van der Waals surface area contributed by atoms with Gasteiger partial charge in [-0.15, -0.1) is 11.8 Å². The Labute approximate surface area is 184 Å². The number of amides is 1. The van der Waals surface area contributed by atoms with Gasteiger partial charge in [0.25, 0.3) is 5.91 Å².